The third-order valence-corrected chi connectivity index (χ3v) is 11.1. The SMILES string of the molecule is COC[C@@]1(O)CC[C@H]2[C@H](CC[C@@H]3[C@@H]2CC[C@]2(C)[C@@H](C(=O)Cn4nc(C)c5ccccc54)CC[C@@H]32)C1. The van der Waals surface area contributed by atoms with Gasteiger partial charge in [-0.2, -0.15) is 5.10 Å². The number of nitrogens with zero attached hydrogens (tertiary/aromatic N) is 2. The minimum atomic E-state index is -0.619. The van der Waals surface area contributed by atoms with Gasteiger partial charge in [-0.3, -0.25) is 9.48 Å². The quantitative estimate of drug-likeness (QED) is 0.611. The van der Waals surface area contributed by atoms with Crippen LogP contribution in [0.1, 0.15) is 70.4 Å². The highest BCUT2D eigenvalue weighted by Gasteiger charge is 2.59. The number of carbonyl (C=O) groups is 1. The lowest BCUT2D eigenvalue weighted by molar-refractivity contribution is -0.136. The average Bonchev–Trinajstić information content (AvgIpc) is 3.35. The topological polar surface area (TPSA) is 64.3 Å². The molecule has 0 aliphatic heterocycles. The Kier molecular flexibility index (Phi) is 5.88. The molecule has 0 bridgehead atoms. The van der Waals surface area contributed by atoms with E-state index in [9.17, 15) is 9.90 Å². The lowest BCUT2D eigenvalue weighted by Crippen LogP contribution is -2.52. The fourth-order valence-electron chi connectivity index (χ4n) is 9.56. The van der Waals surface area contributed by atoms with Crippen LogP contribution >= 0.6 is 0 Å². The van der Waals surface area contributed by atoms with Crippen LogP contribution in [0.15, 0.2) is 24.3 Å². The Hall–Kier alpha value is -1.72. The van der Waals surface area contributed by atoms with Crippen LogP contribution in [0.4, 0.5) is 0 Å². The van der Waals surface area contributed by atoms with Crippen LogP contribution < -0.4 is 0 Å². The maximum atomic E-state index is 13.7. The number of para-hydroxylation sites is 1. The van der Waals surface area contributed by atoms with Crippen LogP contribution in [-0.4, -0.2) is 40.0 Å². The number of Topliss-reactive ketones (excluding diaryl/α,β-unsaturated/α-hetero) is 1. The molecule has 5 heteroatoms. The molecule has 0 saturated heterocycles. The number of rotatable bonds is 5. The molecule has 4 aliphatic carbocycles. The van der Waals surface area contributed by atoms with Gasteiger partial charge in [-0.1, -0.05) is 25.1 Å². The van der Waals surface area contributed by atoms with E-state index in [0.29, 0.717) is 30.8 Å². The number of benzene rings is 1. The molecule has 190 valence electrons. The zero-order valence-electron chi connectivity index (χ0n) is 21.7. The first-order valence-corrected chi connectivity index (χ1v) is 14.0. The summed E-state index contributed by atoms with van der Waals surface area (Å²) in [6, 6.07) is 8.27. The van der Waals surface area contributed by atoms with Crippen molar-refractivity contribution in [1.82, 2.24) is 9.78 Å². The van der Waals surface area contributed by atoms with Crippen LogP contribution in [-0.2, 0) is 16.1 Å². The Bertz CT molecular complexity index is 1110. The Morgan fingerprint density at radius 2 is 1.89 bits per heavy atom. The van der Waals surface area contributed by atoms with Crippen molar-refractivity contribution in [2.75, 3.05) is 13.7 Å². The molecule has 1 N–H and O–H groups in total. The Balaban J connectivity index is 1.18. The number of ketones is 1. The highest BCUT2D eigenvalue weighted by Crippen LogP contribution is 2.64. The molecule has 4 saturated carbocycles. The van der Waals surface area contributed by atoms with Gasteiger partial charge >= 0.3 is 0 Å². The second kappa shape index (κ2) is 8.69. The van der Waals surface area contributed by atoms with Crippen molar-refractivity contribution < 1.29 is 14.6 Å². The molecule has 0 amide bonds. The van der Waals surface area contributed by atoms with E-state index in [4.69, 9.17) is 9.84 Å². The molecule has 2 aromatic rings. The van der Waals surface area contributed by atoms with Crippen molar-refractivity contribution in [2.24, 2.45) is 40.9 Å². The first-order chi connectivity index (χ1) is 16.8. The van der Waals surface area contributed by atoms with E-state index in [1.54, 1.807) is 7.11 Å². The number of ether oxygens (including phenoxy) is 1. The number of methoxy groups -OCH3 is 1. The third kappa shape index (κ3) is 3.80. The van der Waals surface area contributed by atoms with Crippen molar-refractivity contribution in [3.05, 3.63) is 30.0 Å². The summed E-state index contributed by atoms with van der Waals surface area (Å²) in [5, 5.41) is 16.9. The smallest absolute Gasteiger partial charge is 0.157 e. The lowest BCUT2D eigenvalue weighted by atomic mass is 9.49. The van der Waals surface area contributed by atoms with Crippen LogP contribution in [0.3, 0.4) is 0 Å². The van der Waals surface area contributed by atoms with Gasteiger partial charge in [0.2, 0.25) is 0 Å². The van der Waals surface area contributed by atoms with Gasteiger partial charge in [0.15, 0.2) is 5.78 Å². The van der Waals surface area contributed by atoms with Gasteiger partial charge in [0.05, 0.1) is 23.4 Å². The van der Waals surface area contributed by atoms with Crippen LogP contribution in [0.2, 0.25) is 0 Å². The molecule has 1 heterocycles. The molecular weight excluding hydrogens is 436 g/mol. The zero-order chi connectivity index (χ0) is 24.4. The molecule has 0 unspecified atom stereocenters. The largest absolute Gasteiger partial charge is 0.387 e. The van der Waals surface area contributed by atoms with E-state index in [2.05, 4.69) is 19.1 Å². The lowest BCUT2D eigenvalue weighted by Gasteiger charge is -2.57. The monoisotopic (exact) mass is 478 g/mol. The highest BCUT2D eigenvalue weighted by molar-refractivity contribution is 5.86. The van der Waals surface area contributed by atoms with Crippen molar-refractivity contribution in [2.45, 2.75) is 83.8 Å². The van der Waals surface area contributed by atoms with Gasteiger partial charge in [-0.25, -0.2) is 0 Å². The minimum absolute atomic E-state index is 0.133. The molecule has 6 rings (SSSR count). The summed E-state index contributed by atoms with van der Waals surface area (Å²) >= 11 is 0. The average molecular weight is 479 g/mol. The second-order valence-corrected chi connectivity index (χ2v) is 12.7. The third-order valence-electron chi connectivity index (χ3n) is 11.1. The normalized spacial score (nSPS) is 40.8. The minimum Gasteiger partial charge on any atom is -0.387 e. The van der Waals surface area contributed by atoms with Crippen molar-refractivity contribution in [3.63, 3.8) is 0 Å². The Labute approximate surface area is 209 Å². The highest BCUT2D eigenvalue weighted by atomic mass is 16.5. The maximum absolute atomic E-state index is 13.7. The van der Waals surface area contributed by atoms with Gasteiger partial charge in [0.1, 0.15) is 6.54 Å². The predicted octanol–water partition coefficient (Wildman–Crippen LogP) is 5.56. The summed E-state index contributed by atoms with van der Waals surface area (Å²) in [5.41, 5.74) is 1.59. The van der Waals surface area contributed by atoms with Gasteiger partial charge in [0.25, 0.3) is 0 Å². The molecule has 4 aliphatic rings. The molecule has 1 aromatic heterocycles. The second-order valence-electron chi connectivity index (χ2n) is 12.7. The summed E-state index contributed by atoms with van der Waals surface area (Å²) < 4.78 is 7.30. The molecule has 4 fully saturated rings. The number of fused-ring (bicyclic) bond motifs is 6. The van der Waals surface area contributed by atoms with Crippen molar-refractivity contribution in [3.8, 4) is 0 Å². The van der Waals surface area contributed by atoms with Crippen molar-refractivity contribution >= 4 is 16.7 Å². The van der Waals surface area contributed by atoms with Crippen molar-refractivity contribution in [1.29, 1.82) is 0 Å². The summed E-state index contributed by atoms with van der Waals surface area (Å²) in [5.74, 6) is 4.16. The number of aromatic nitrogens is 2. The predicted molar refractivity (Wildman–Crippen MR) is 137 cm³/mol. The van der Waals surface area contributed by atoms with E-state index in [-0.39, 0.29) is 11.3 Å². The summed E-state index contributed by atoms with van der Waals surface area (Å²) in [4.78, 5) is 13.7. The first kappa shape index (κ1) is 23.7. The van der Waals surface area contributed by atoms with Gasteiger partial charge in [0, 0.05) is 18.4 Å². The number of aliphatic hydroxyl groups is 1. The Morgan fingerprint density at radius 3 is 2.71 bits per heavy atom. The fourth-order valence-corrected chi connectivity index (χ4v) is 9.56. The molecule has 1 aromatic carbocycles. The van der Waals surface area contributed by atoms with Gasteiger partial charge in [-0.15, -0.1) is 0 Å². The standard InChI is InChI=1S/C30H42N2O3/c1-19-21-6-4-5-7-27(21)32(31-19)17-28(33)26-11-10-25-24-9-8-20-16-30(34,18-35-3)15-13-22(20)23(24)12-14-29(25,26)2/h4-7,20,22-26,34H,8-18H2,1-3H3/t20-,22+,23-,24-,25+,26-,29+,30-/m1/s1. The molecule has 35 heavy (non-hydrogen) atoms. The number of carbonyl (C=O) groups excluding carboxylic acids is 1. The molecule has 8 atom stereocenters. The van der Waals surface area contributed by atoms with Gasteiger partial charge in [-0.05, 0) is 106 Å². The van der Waals surface area contributed by atoms with E-state index in [1.807, 2.05) is 23.7 Å². The summed E-state index contributed by atoms with van der Waals surface area (Å²) in [6.07, 6.45) is 10.1. The van der Waals surface area contributed by atoms with Crippen LogP contribution in [0, 0.1) is 47.8 Å². The first-order valence-electron chi connectivity index (χ1n) is 14.0. The maximum Gasteiger partial charge on any atom is 0.157 e. The molecule has 5 nitrogen and oxygen atoms in total. The number of hydrogen-bond acceptors (Lipinski definition) is 4. The number of aryl methyl sites for hydroxylation is 1. The number of hydrogen-bond donors (Lipinski definition) is 1. The molecule has 0 radical (unpaired) electrons. The molecule has 0 spiro atoms. The summed E-state index contributed by atoms with van der Waals surface area (Å²) in [7, 11) is 1.71. The van der Waals surface area contributed by atoms with E-state index < -0.39 is 5.60 Å². The van der Waals surface area contributed by atoms with Crippen LogP contribution in [0.5, 0.6) is 0 Å². The summed E-state index contributed by atoms with van der Waals surface area (Å²) in [6.45, 7) is 5.35. The fraction of sp³-hybridized carbons (Fsp3) is 0.733. The van der Waals surface area contributed by atoms with E-state index >= 15 is 0 Å². The van der Waals surface area contributed by atoms with E-state index in [0.717, 1.165) is 60.0 Å². The zero-order valence-corrected chi connectivity index (χ0v) is 21.7. The molecular formula is C30H42N2O3. The van der Waals surface area contributed by atoms with E-state index in [1.165, 1.54) is 32.1 Å². The van der Waals surface area contributed by atoms with Crippen LogP contribution in [0.25, 0.3) is 10.9 Å². The van der Waals surface area contributed by atoms with Gasteiger partial charge < -0.3 is 9.84 Å². The Morgan fingerprint density at radius 1 is 1.09 bits per heavy atom.